The van der Waals surface area contributed by atoms with Crippen LogP contribution in [0.4, 0.5) is 8.78 Å². The Morgan fingerprint density at radius 1 is 1.35 bits per heavy atom. The smallest absolute Gasteiger partial charge is 0.191 e. The van der Waals surface area contributed by atoms with E-state index in [1.807, 2.05) is 0 Å². The number of hydrogen-bond donors (Lipinski definition) is 1. The Balaban J connectivity index is 2.86. The molecule has 0 spiro atoms. The van der Waals surface area contributed by atoms with Crippen LogP contribution in [0.15, 0.2) is 21.4 Å². The van der Waals surface area contributed by atoms with Gasteiger partial charge in [0.05, 0.1) is 22.0 Å². The molecule has 3 nitrogen and oxygen atoms in total. The highest BCUT2D eigenvalue weighted by molar-refractivity contribution is 9.10. The summed E-state index contributed by atoms with van der Waals surface area (Å²) >= 11 is 2.94. The second-order valence-corrected chi connectivity index (χ2v) is 4.29. The number of halogens is 3. The van der Waals surface area contributed by atoms with E-state index in [1.54, 1.807) is 0 Å². The van der Waals surface area contributed by atoms with Crippen LogP contribution in [-0.4, -0.2) is 12.1 Å². The van der Waals surface area contributed by atoms with Gasteiger partial charge in [-0.15, -0.1) is 0 Å². The van der Waals surface area contributed by atoms with E-state index in [-0.39, 0.29) is 22.0 Å². The van der Waals surface area contributed by atoms with Gasteiger partial charge in [0.2, 0.25) is 0 Å². The third kappa shape index (κ3) is 2.10. The zero-order valence-corrected chi connectivity index (χ0v) is 10.4. The molecular weight excluding hydrogens is 296 g/mol. The molecule has 1 heterocycles. The summed E-state index contributed by atoms with van der Waals surface area (Å²) in [7, 11) is 1.46. The third-order valence-corrected chi connectivity index (χ3v) is 3.08. The molecule has 17 heavy (non-hydrogen) atoms. The van der Waals surface area contributed by atoms with Crippen LogP contribution < -0.4 is 5.43 Å². The maximum Gasteiger partial charge on any atom is 0.191 e. The van der Waals surface area contributed by atoms with E-state index in [4.69, 9.17) is 4.74 Å². The molecule has 0 fully saturated rings. The first-order valence-corrected chi connectivity index (χ1v) is 5.52. The fourth-order valence-electron chi connectivity index (χ4n) is 1.61. The fourth-order valence-corrected chi connectivity index (χ4v) is 2.12. The van der Waals surface area contributed by atoms with Crippen LogP contribution >= 0.6 is 15.9 Å². The lowest BCUT2D eigenvalue weighted by Crippen LogP contribution is -2.08. The molecule has 0 unspecified atom stereocenters. The summed E-state index contributed by atoms with van der Waals surface area (Å²) in [4.78, 5) is 14.5. The summed E-state index contributed by atoms with van der Waals surface area (Å²) in [6, 6.07) is 1.98. The quantitative estimate of drug-likeness (QED) is 0.867. The maximum atomic E-state index is 13.6. The number of H-pyrrole nitrogens is 1. The zero-order valence-electron chi connectivity index (χ0n) is 8.81. The van der Waals surface area contributed by atoms with E-state index >= 15 is 0 Å². The van der Waals surface area contributed by atoms with Gasteiger partial charge in [0.25, 0.3) is 0 Å². The van der Waals surface area contributed by atoms with Gasteiger partial charge in [-0.05, 0) is 15.9 Å². The molecule has 0 radical (unpaired) electrons. The highest BCUT2D eigenvalue weighted by Crippen LogP contribution is 2.25. The first-order chi connectivity index (χ1) is 8.04. The van der Waals surface area contributed by atoms with Gasteiger partial charge in [-0.1, -0.05) is 0 Å². The second kappa shape index (κ2) is 4.54. The average molecular weight is 304 g/mol. The van der Waals surface area contributed by atoms with E-state index in [9.17, 15) is 13.6 Å². The van der Waals surface area contributed by atoms with E-state index < -0.39 is 17.1 Å². The lowest BCUT2D eigenvalue weighted by Gasteiger charge is -2.06. The Bertz CT molecular complexity index is 639. The number of hydrogen-bond acceptors (Lipinski definition) is 2. The normalized spacial score (nSPS) is 11.1. The van der Waals surface area contributed by atoms with Crippen molar-refractivity contribution in [2.24, 2.45) is 0 Å². The number of aromatic amines is 1. The number of methoxy groups -OCH3 is 1. The van der Waals surface area contributed by atoms with Crippen LogP contribution in [-0.2, 0) is 11.3 Å². The minimum atomic E-state index is -0.809. The van der Waals surface area contributed by atoms with Crippen molar-refractivity contribution < 1.29 is 13.5 Å². The molecule has 0 atom stereocenters. The lowest BCUT2D eigenvalue weighted by molar-refractivity contribution is 0.181. The summed E-state index contributed by atoms with van der Waals surface area (Å²) < 4.78 is 31.6. The molecule has 2 rings (SSSR count). The van der Waals surface area contributed by atoms with Gasteiger partial charge in [-0.25, -0.2) is 8.78 Å². The maximum absolute atomic E-state index is 13.6. The summed E-state index contributed by atoms with van der Waals surface area (Å²) in [5.74, 6) is -1.62. The Morgan fingerprint density at radius 3 is 2.71 bits per heavy atom. The van der Waals surface area contributed by atoms with Crippen molar-refractivity contribution in [2.75, 3.05) is 7.11 Å². The molecular formula is C11H8BrF2NO2. The summed E-state index contributed by atoms with van der Waals surface area (Å²) in [5, 5.41) is -0.0395. The van der Waals surface area contributed by atoms with Crippen LogP contribution in [0.5, 0.6) is 0 Å². The molecule has 1 aromatic heterocycles. The van der Waals surface area contributed by atoms with Crippen molar-refractivity contribution in [1.82, 2.24) is 4.98 Å². The highest BCUT2D eigenvalue weighted by Gasteiger charge is 2.14. The monoisotopic (exact) mass is 303 g/mol. The molecule has 0 aliphatic rings. The molecule has 0 aliphatic heterocycles. The lowest BCUT2D eigenvalue weighted by atomic mass is 10.2. The molecule has 1 aromatic carbocycles. The second-order valence-electron chi connectivity index (χ2n) is 3.50. The van der Waals surface area contributed by atoms with Gasteiger partial charge in [0.15, 0.2) is 5.43 Å². The minimum Gasteiger partial charge on any atom is -0.378 e. The number of ether oxygens (including phenoxy) is 1. The average Bonchev–Trinajstić information content (AvgIpc) is 2.26. The van der Waals surface area contributed by atoms with E-state index in [0.717, 1.165) is 6.07 Å². The number of fused-ring (bicyclic) bond motifs is 1. The predicted molar refractivity (Wildman–Crippen MR) is 62.9 cm³/mol. The van der Waals surface area contributed by atoms with Crippen molar-refractivity contribution in [2.45, 2.75) is 6.61 Å². The number of rotatable bonds is 2. The standard InChI is InChI=1S/C11H8BrF2NO2/c1-17-4-5-2-8(16)9-10(12)6(13)3-7(14)11(9)15-5/h2-3H,4H2,1H3,(H,15,16). The number of nitrogens with one attached hydrogen (secondary N) is 1. The van der Waals surface area contributed by atoms with Crippen LogP contribution in [0.2, 0.25) is 0 Å². The SMILES string of the molecule is COCc1cc(=O)c2c(Br)c(F)cc(F)c2[nH]1. The van der Waals surface area contributed by atoms with E-state index in [0.29, 0.717) is 5.69 Å². The first-order valence-electron chi connectivity index (χ1n) is 4.73. The third-order valence-electron chi connectivity index (χ3n) is 2.31. The van der Waals surface area contributed by atoms with Gasteiger partial charge in [-0.2, -0.15) is 0 Å². The van der Waals surface area contributed by atoms with Crippen molar-refractivity contribution in [1.29, 1.82) is 0 Å². The van der Waals surface area contributed by atoms with Crippen LogP contribution in [0, 0.1) is 11.6 Å². The molecule has 0 bridgehead atoms. The van der Waals surface area contributed by atoms with Crippen LogP contribution in [0.1, 0.15) is 5.69 Å². The topological polar surface area (TPSA) is 42.1 Å². The predicted octanol–water partition coefficient (Wildman–Crippen LogP) is 2.72. The minimum absolute atomic E-state index is 0.0298. The zero-order chi connectivity index (χ0) is 12.6. The number of pyridine rings is 1. The number of aromatic nitrogens is 1. The largest absolute Gasteiger partial charge is 0.378 e. The van der Waals surface area contributed by atoms with Gasteiger partial charge in [0.1, 0.15) is 11.6 Å². The van der Waals surface area contributed by atoms with Crippen molar-refractivity contribution in [3.8, 4) is 0 Å². The molecule has 0 saturated heterocycles. The highest BCUT2D eigenvalue weighted by atomic mass is 79.9. The Morgan fingerprint density at radius 2 is 2.06 bits per heavy atom. The van der Waals surface area contributed by atoms with Gasteiger partial charge >= 0.3 is 0 Å². The molecule has 90 valence electrons. The van der Waals surface area contributed by atoms with Gasteiger partial charge < -0.3 is 9.72 Å². The summed E-state index contributed by atoms with van der Waals surface area (Å²) in [5.41, 5.74) is -0.0590. The Kier molecular flexibility index (Phi) is 3.26. The van der Waals surface area contributed by atoms with Gasteiger partial charge in [-0.3, -0.25) is 4.79 Å². The molecule has 0 saturated carbocycles. The van der Waals surface area contributed by atoms with Gasteiger partial charge in [0, 0.05) is 24.9 Å². The Labute approximate surface area is 104 Å². The van der Waals surface area contributed by atoms with Crippen molar-refractivity contribution in [3.63, 3.8) is 0 Å². The molecule has 2 aromatic rings. The van der Waals surface area contributed by atoms with Crippen LogP contribution in [0.3, 0.4) is 0 Å². The fraction of sp³-hybridized carbons (Fsp3) is 0.182. The molecule has 6 heteroatoms. The van der Waals surface area contributed by atoms with Crippen molar-refractivity contribution in [3.05, 3.63) is 44.2 Å². The molecule has 1 N–H and O–H groups in total. The number of benzene rings is 1. The van der Waals surface area contributed by atoms with Crippen LogP contribution in [0.25, 0.3) is 10.9 Å². The molecule has 0 aliphatic carbocycles. The summed E-state index contributed by atoms with van der Waals surface area (Å²) in [6.45, 7) is 0.152. The first kappa shape index (κ1) is 12.2. The summed E-state index contributed by atoms with van der Waals surface area (Å²) in [6.07, 6.45) is 0. The molecule has 0 amide bonds. The van der Waals surface area contributed by atoms with E-state index in [2.05, 4.69) is 20.9 Å². The Hall–Kier alpha value is -1.27. The van der Waals surface area contributed by atoms with Crippen molar-refractivity contribution >= 4 is 26.8 Å². The van der Waals surface area contributed by atoms with E-state index in [1.165, 1.54) is 13.2 Å².